The van der Waals surface area contributed by atoms with E-state index in [9.17, 15) is 20.0 Å². The Labute approximate surface area is 98.0 Å². The number of carboxylic acid groups (broad SMARTS) is 1. The molecule has 0 amide bonds. The molecule has 1 rings (SSSR count). The van der Waals surface area contributed by atoms with Gasteiger partial charge in [0.15, 0.2) is 0 Å². The lowest BCUT2D eigenvalue weighted by atomic mass is 9.86. The maximum Gasteiger partial charge on any atom is 0.269 e. The number of nitrogens with zero attached hydrogens (tertiary/aromatic N) is 1. The molecule has 92 valence electrons. The number of benzene rings is 1. The van der Waals surface area contributed by atoms with E-state index in [2.05, 4.69) is 4.74 Å². The Balaban J connectivity index is 3.31. The van der Waals surface area contributed by atoms with Crippen molar-refractivity contribution in [1.29, 1.82) is 0 Å². The highest BCUT2D eigenvalue weighted by molar-refractivity contribution is 5.61. The highest BCUT2D eigenvalue weighted by Crippen LogP contribution is 2.34. The van der Waals surface area contributed by atoms with Crippen molar-refractivity contribution in [2.75, 3.05) is 0 Å². The van der Waals surface area contributed by atoms with Crippen LogP contribution in [0.4, 0.5) is 10.5 Å². The minimum atomic E-state index is -1.69. The molecular weight excluding hydrogens is 226 g/mol. The number of carbonyl (C=O) groups excluding carboxylic acids is 1. The van der Waals surface area contributed by atoms with Gasteiger partial charge in [0.1, 0.15) is 0 Å². The first-order valence-corrected chi connectivity index (χ1v) is 4.89. The van der Waals surface area contributed by atoms with Crippen molar-refractivity contribution in [2.45, 2.75) is 26.2 Å². The van der Waals surface area contributed by atoms with Crippen LogP contribution in [-0.4, -0.2) is 11.1 Å². The van der Waals surface area contributed by atoms with Crippen molar-refractivity contribution in [3.63, 3.8) is 0 Å². The summed E-state index contributed by atoms with van der Waals surface area (Å²) in [5.74, 6) is 0.0584. The quantitative estimate of drug-likeness (QED) is 0.338. The Morgan fingerprint density at radius 2 is 1.94 bits per heavy atom. The predicted octanol–water partition coefficient (Wildman–Crippen LogP) is 1.61. The summed E-state index contributed by atoms with van der Waals surface area (Å²) in [6.07, 6.45) is -1.69. The fraction of sp³-hybridized carbons (Fsp3) is 0.364. The monoisotopic (exact) mass is 238 g/mol. The second-order valence-electron chi connectivity index (χ2n) is 4.54. The SMILES string of the molecule is CC(C)(C)c1cc([N+](=O)[O-])ccc1OC(=O)[O-]. The Kier molecular flexibility index (Phi) is 3.36. The van der Waals surface area contributed by atoms with Gasteiger partial charge in [0.2, 0.25) is 0 Å². The molecule has 0 saturated carbocycles. The standard InChI is InChI=1S/C11H13NO5/c1-11(2,3)8-6-7(12(15)16)4-5-9(8)17-10(13)14/h4-6H,1-3H3,(H,13,14)/p-1. The van der Waals surface area contributed by atoms with Gasteiger partial charge in [0.25, 0.3) is 11.8 Å². The molecule has 17 heavy (non-hydrogen) atoms. The first-order chi connectivity index (χ1) is 7.71. The molecule has 0 aromatic heterocycles. The largest absolute Gasteiger partial charge is 0.514 e. The lowest BCUT2D eigenvalue weighted by Gasteiger charge is -2.24. The van der Waals surface area contributed by atoms with Crippen LogP contribution in [0.5, 0.6) is 5.75 Å². The first-order valence-electron chi connectivity index (χ1n) is 4.89. The van der Waals surface area contributed by atoms with Gasteiger partial charge in [-0.05, 0) is 17.0 Å². The van der Waals surface area contributed by atoms with Crippen LogP contribution in [0.15, 0.2) is 18.2 Å². The molecule has 6 nitrogen and oxygen atoms in total. The molecular formula is C11H12NO5-. The fourth-order valence-electron chi connectivity index (χ4n) is 1.40. The zero-order valence-corrected chi connectivity index (χ0v) is 9.72. The molecule has 0 aliphatic carbocycles. The average molecular weight is 238 g/mol. The summed E-state index contributed by atoms with van der Waals surface area (Å²) in [5.41, 5.74) is -0.145. The van der Waals surface area contributed by atoms with Crippen LogP contribution in [0.25, 0.3) is 0 Å². The lowest BCUT2D eigenvalue weighted by Crippen LogP contribution is -2.28. The molecule has 1 aromatic carbocycles. The number of hydrogen-bond acceptors (Lipinski definition) is 5. The van der Waals surface area contributed by atoms with Crippen LogP contribution in [0.2, 0.25) is 0 Å². The van der Waals surface area contributed by atoms with Gasteiger partial charge in [0.05, 0.1) is 10.7 Å². The lowest BCUT2D eigenvalue weighted by molar-refractivity contribution is -0.385. The van der Waals surface area contributed by atoms with E-state index < -0.39 is 16.5 Å². The Morgan fingerprint density at radius 3 is 2.35 bits per heavy atom. The zero-order valence-electron chi connectivity index (χ0n) is 9.72. The third-order valence-corrected chi connectivity index (χ3v) is 2.18. The van der Waals surface area contributed by atoms with E-state index in [0.29, 0.717) is 5.56 Å². The summed E-state index contributed by atoms with van der Waals surface area (Å²) in [6.45, 7) is 5.40. The number of non-ortho nitro benzene ring substituents is 1. The van der Waals surface area contributed by atoms with E-state index >= 15 is 0 Å². The highest BCUT2D eigenvalue weighted by Gasteiger charge is 2.21. The molecule has 0 saturated heterocycles. The average Bonchev–Trinajstić information content (AvgIpc) is 2.15. The molecule has 0 radical (unpaired) electrons. The van der Waals surface area contributed by atoms with Gasteiger partial charge in [-0.25, -0.2) is 0 Å². The summed E-state index contributed by atoms with van der Waals surface area (Å²) >= 11 is 0. The van der Waals surface area contributed by atoms with Crippen molar-refractivity contribution < 1.29 is 19.6 Å². The molecule has 0 heterocycles. The maximum atomic E-state index is 10.6. The molecule has 0 atom stereocenters. The Bertz CT molecular complexity index is 461. The smallest absolute Gasteiger partial charge is 0.269 e. The molecule has 0 bridgehead atoms. The van der Waals surface area contributed by atoms with E-state index in [4.69, 9.17) is 0 Å². The third-order valence-electron chi connectivity index (χ3n) is 2.18. The van der Waals surface area contributed by atoms with Gasteiger partial charge in [0, 0.05) is 12.1 Å². The number of nitro benzene ring substituents is 1. The summed E-state index contributed by atoms with van der Waals surface area (Å²) < 4.78 is 4.49. The summed E-state index contributed by atoms with van der Waals surface area (Å²) in [5, 5.41) is 21.0. The number of hydrogen-bond donors (Lipinski definition) is 0. The van der Waals surface area contributed by atoms with Gasteiger partial charge in [-0.2, -0.15) is 0 Å². The van der Waals surface area contributed by atoms with Crippen LogP contribution < -0.4 is 9.84 Å². The van der Waals surface area contributed by atoms with Crippen LogP contribution in [0.3, 0.4) is 0 Å². The van der Waals surface area contributed by atoms with Crippen molar-refractivity contribution in [3.05, 3.63) is 33.9 Å². The van der Waals surface area contributed by atoms with E-state index in [0.717, 1.165) is 0 Å². The van der Waals surface area contributed by atoms with E-state index in [1.54, 1.807) is 20.8 Å². The van der Waals surface area contributed by atoms with Crippen molar-refractivity contribution >= 4 is 11.8 Å². The summed E-state index contributed by atoms with van der Waals surface area (Å²) in [4.78, 5) is 20.5. The number of carbonyl (C=O) groups is 1. The Hall–Kier alpha value is -2.11. The number of ether oxygens (including phenoxy) is 1. The Morgan fingerprint density at radius 1 is 1.35 bits per heavy atom. The van der Waals surface area contributed by atoms with Crippen molar-refractivity contribution in [2.24, 2.45) is 0 Å². The molecule has 0 spiro atoms. The van der Waals surface area contributed by atoms with Gasteiger partial charge in [-0.15, -0.1) is 0 Å². The second-order valence-corrected chi connectivity index (χ2v) is 4.54. The van der Waals surface area contributed by atoms with E-state index in [1.165, 1.54) is 18.2 Å². The molecule has 0 aliphatic rings. The first kappa shape index (κ1) is 13.0. The van der Waals surface area contributed by atoms with Crippen LogP contribution in [-0.2, 0) is 5.41 Å². The van der Waals surface area contributed by atoms with Gasteiger partial charge >= 0.3 is 0 Å². The molecule has 0 aliphatic heterocycles. The summed E-state index contributed by atoms with van der Waals surface area (Å²) in [7, 11) is 0. The van der Waals surface area contributed by atoms with Crippen molar-refractivity contribution in [3.8, 4) is 5.75 Å². The topological polar surface area (TPSA) is 92.5 Å². The molecule has 0 fully saturated rings. The third kappa shape index (κ3) is 3.17. The van der Waals surface area contributed by atoms with Crippen molar-refractivity contribution in [1.82, 2.24) is 0 Å². The van der Waals surface area contributed by atoms with Gasteiger partial charge < -0.3 is 14.6 Å². The second kappa shape index (κ2) is 4.40. The van der Waals surface area contributed by atoms with E-state index in [1.807, 2.05) is 0 Å². The summed E-state index contributed by atoms with van der Waals surface area (Å²) in [6, 6.07) is 3.75. The molecule has 6 heteroatoms. The van der Waals surface area contributed by atoms with Crippen LogP contribution >= 0.6 is 0 Å². The minimum absolute atomic E-state index is 0.0584. The molecule has 1 aromatic rings. The van der Waals surface area contributed by atoms with Gasteiger partial charge in [-0.1, -0.05) is 20.8 Å². The van der Waals surface area contributed by atoms with Crippen LogP contribution in [0.1, 0.15) is 26.3 Å². The fourth-order valence-corrected chi connectivity index (χ4v) is 1.40. The molecule has 0 unspecified atom stereocenters. The molecule has 0 N–H and O–H groups in total. The predicted molar refractivity (Wildman–Crippen MR) is 57.8 cm³/mol. The van der Waals surface area contributed by atoms with E-state index in [-0.39, 0.29) is 11.4 Å². The highest BCUT2D eigenvalue weighted by atomic mass is 16.7. The van der Waals surface area contributed by atoms with Gasteiger partial charge in [-0.3, -0.25) is 10.1 Å². The number of nitro groups is 1. The number of rotatable bonds is 2. The minimum Gasteiger partial charge on any atom is -0.514 e. The normalized spacial score (nSPS) is 11.0. The van der Waals surface area contributed by atoms with Crippen LogP contribution in [0, 0.1) is 10.1 Å². The maximum absolute atomic E-state index is 10.6. The zero-order chi connectivity index (χ0) is 13.2.